The fraction of sp³-hybridized carbons (Fsp3) is 0.433. The van der Waals surface area contributed by atoms with Crippen LogP contribution < -0.4 is 25.8 Å². The number of ether oxygens (including phenoxy) is 4. The molecule has 8 atom stereocenters. The first kappa shape index (κ1) is 71.9. The highest BCUT2D eigenvalue weighted by atomic mass is 32.1. The topological polar surface area (TPSA) is 276 Å². The van der Waals surface area contributed by atoms with Gasteiger partial charge in [0, 0.05) is 65.6 Å². The van der Waals surface area contributed by atoms with Gasteiger partial charge in [0.05, 0.1) is 62.0 Å². The maximum atomic E-state index is 13.8. The van der Waals surface area contributed by atoms with Crippen LogP contribution in [0.1, 0.15) is 104 Å². The predicted octanol–water partition coefficient (Wildman–Crippen LogP) is 9.10. The summed E-state index contributed by atoms with van der Waals surface area (Å²) in [5, 5.41) is 16.0. The van der Waals surface area contributed by atoms with Crippen molar-refractivity contribution in [3.8, 4) is 11.5 Å². The number of carboxylic acid groups (broad SMARTS) is 1. The Balaban J connectivity index is 0.000000320. The third-order valence-corrected chi connectivity index (χ3v) is 16.4. The minimum atomic E-state index is -0.917. The standard InChI is InChI=1S/C33H38N2O6S.C26H32N2O5.C6H7NO2S.2CH4/c1-21(14-26(36)18-28-19-34-22(2)42-28)30(37)17-25(15-24-10-12-27(40-4)13-11-24)32(39)35-29(31(38)33(3)20-41-33)16-23-8-6-5-7-9-23;1-17(27)23(29)15-20(13-19-9-11-21(32-3)12-10-19)25(31)28-22(24(30)26(2)16-33-26)14-18-7-5-4-6-8-18;1-4-7-3-5(10-4)2-6(8)9;;/h5-13,19,21,25,29H,14-18,20H2,1-4H3,(H,35,39);4-12,17,20,22H,13-16,27H2,1-3H3,(H,28,31);3H,2H2,1H3,(H,8,9);2*1H4/t21-,25-,29+,33-;17-,20+,22-,26+;;;/m10.../s1. The van der Waals surface area contributed by atoms with Gasteiger partial charge in [-0.05, 0) is 107 Å². The van der Waals surface area contributed by atoms with Crippen LogP contribution in [0.25, 0.3) is 0 Å². The molecule has 20 heteroatoms. The summed E-state index contributed by atoms with van der Waals surface area (Å²) in [5.74, 6) is -2.83. The number of aromatic nitrogens is 2. The van der Waals surface area contributed by atoms with Gasteiger partial charge in [-0.25, -0.2) is 9.97 Å². The van der Waals surface area contributed by atoms with Crippen molar-refractivity contribution < 1.29 is 62.4 Å². The Kier molecular flexibility index (Phi) is 28.1. The molecule has 4 heterocycles. The molecule has 4 aromatic carbocycles. The van der Waals surface area contributed by atoms with E-state index < -0.39 is 53.1 Å². The maximum absolute atomic E-state index is 13.8. The monoisotopic (exact) mass is 1230 g/mol. The molecule has 0 radical (unpaired) electrons. The predicted molar refractivity (Wildman–Crippen MR) is 337 cm³/mol. The first-order valence-corrected chi connectivity index (χ1v) is 29.8. The summed E-state index contributed by atoms with van der Waals surface area (Å²) in [6, 6.07) is 31.4. The van der Waals surface area contributed by atoms with E-state index in [1.54, 1.807) is 54.3 Å². The van der Waals surface area contributed by atoms with Gasteiger partial charge in [-0.2, -0.15) is 0 Å². The summed E-state index contributed by atoms with van der Waals surface area (Å²) in [6.07, 6.45) is 4.97. The number of methoxy groups -OCH3 is 2. The molecule has 0 saturated carbocycles. The molecule has 6 aromatic rings. The van der Waals surface area contributed by atoms with E-state index in [0.717, 1.165) is 42.0 Å². The van der Waals surface area contributed by atoms with Crippen LogP contribution in [0, 0.1) is 31.6 Å². The van der Waals surface area contributed by atoms with E-state index in [0.29, 0.717) is 50.4 Å². The van der Waals surface area contributed by atoms with Crippen molar-refractivity contribution in [1.29, 1.82) is 0 Å². The van der Waals surface area contributed by atoms with Crippen LogP contribution in [0.3, 0.4) is 0 Å². The second-order valence-corrected chi connectivity index (χ2v) is 24.6. The highest BCUT2D eigenvalue weighted by Crippen LogP contribution is 2.31. The Labute approximate surface area is 519 Å². The van der Waals surface area contributed by atoms with Crippen LogP contribution >= 0.6 is 22.7 Å². The van der Waals surface area contributed by atoms with Gasteiger partial charge in [0.15, 0.2) is 11.6 Å². The van der Waals surface area contributed by atoms with E-state index in [1.165, 1.54) is 22.7 Å². The number of nitrogens with two attached hydrogens (primary N) is 1. The van der Waals surface area contributed by atoms with Crippen LogP contribution in [0.5, 0.6) is 11.5 Å². The van der Waals surface area contributed by atoms with Crippen molar-refractivity contribution in [2.24, 2.45) is 23.5 Å². The molecule has 2 fully saturated rings. The zero-order chi connectivity index (χ0) is 61.8. The molecule has 0 aliphatic carbocycles. The largest absolute Gasteiger partial charge is 0.497 e. The first-order chi connectivity index (χ1) is 40.5. The molecule has 0 bridgehead atoms. The quantitative estimate of drug-likeness (QED) is 0.0306. The van der Waals surface area contributed by atoms with Crippen LogP contribution in [-0.4, -0.2) is 119 Å². The third-order valence-electron chi connectivity index (χ3n) is 14.6. The van der Waals surface area contributed by atoms with Crippen LogP contribution in [-0.2, 0) is 86.4 Å². The lowest BCUT2D eigenvalue weighted by molar-refractivity contribution is -0.136. The summed E-state index contributed by atoms with van der Waals surface area (Å²) in [5.41, 5.74) is 7.55. The first-order valence-electron chi connectivity index (χ1n) is 28.1. The van der Waals surface area contributed by atoms with Gasteiger partial charge in [-0.3, -0.25) is 38.4 Å². The molecule has 2 aliphatic heterocycles. The highest BCUT2D eigenvalue weighted by molar-refractivity contribution is 7.11. The van der Waals surface area contributed by atoms with Gasteiger partial charge in [-0.1, -0.05) is 107 Å². The second kappa shape index (κ2) is 34.1. The number of nitrogens with one attached hydrogen (secondary N) is 2. The number of thiazole rings is 2. The Morgan fingerprint density at radius 2 is 0.943 bits per heavy atom. The van der Waals surface area contributed by atoms with Gasteiger partial charge in [0.1, 0.15) is 40.1 Å². The van der Waals surface area contributed by atoms with E-state index in [-0.39, 0.29) is 87.7 Å². The number of hydrogen-bond donors (Lipinski definition) is 4. The van der Waals surface area contributed by atoms with E-state index in [4.69, 9.17) is 29.8 Å². The molecule has 2 aromatic heterocycles. The lowest BCUT2D eigenvalue weighted by atomic mass is 9.87. The number of aliphatic carboxylic acids is 1. The number of hydrogen-bond acceptors (Lipinski definition) is 17. The van der Waals surface area contributed by atoms with Gasteiger partial charge in [0.25, 0.3) is 0 Å². The zero-order valence-electron chi connectivity index (χ0n) is 49.4. The number of ketones is 5. The van der Waals surface area contributed by atoms with Crippen molar-refractivity contribution in [3.63, 3.8) is 0 Å². The Hall–Kier alpha value is -7.62. The third kappa shape index (κ3) is 23.2. The van der Waals surface area contributed by atoms with Gasteiger partial charge >= 0.3 is 5.97 Å². The number of carbonyl (C=O) groups excluding carboxylic acids is 7. The fourth-order valence-corrected chi connectivity index (χ4v) is 10.9. The average molecular weight is 1230 g/mol. The number of aryl methyl sites for hydroxylation is 2. The lowest BCUT2D eigenvalue weighted by Gasteiger charge is -2.24. The highest BCUT2D eigenvalue weighted by Gasteiger charge is 2.51. The normalized spacial score (nSPS) is 17.3. The van der Waals surface area contributed by atoms with Crippen LogP contribution in [0.15, 0.2) is 122 Å². The fourth-order valence-electron chi connectivity index (χ4n) is 9.26. The molecular weight excluding hydrogens is 1150 g/mol. The number of benzene rings is 4. The number of rotatable bonds is 30. The van der Waals surface area contributed by atoms with Crippen molar-refractivity contribution >= 4 is 69.4 Å². The average Bonchev–Trinajstić information content (AvgIpc) is 3.43. The number of nitrogens with zero attached hydrogens (tertiary/aromatic N) is 2. The Morgan fingerprint density at radius 3 is 1.28 bits per heavy atom. The molecule has 2 aliphatic rings. The molecule has 8 rings (SSSR count). The smallest absolute Gasteiger partial charge is 0.308 e. The number of amides is 2. The minimum Gasteiger partial charge on any atom is -0.497 e. The number of epoxide rings is 2. The van der Waals surface area contributed by atoms with Gasteiger partial charge in [-0.15, -0.1) is 22.7 Å². The summed E-state index contributed by atoms with van der Waals surface area (Å²) in [4.78, 5) is 112. The molecular formula is C67H85N5O13S2. The van der Waals surface area contributed by atoms with Crippen molar-refractivity contribution in [3.05, 3.63) is 164 Å². The van der Waals surface area contributed by atoms with E-state index in [2.05, 4.69) is 20.6 Å². The van der Waals surface area contributed by atoms with Crippen LogP contribution in [0.4, 0.5) is 0 Å². The molecule has 2 amide bonds. The maximum Gasteiger partial charge on any atom is 0.308 e. The van der Waals surface area contributed by atoms with Crippen molar-refractivity contribution in [2.75, 3.05) is 27.4 Å². The molecule has 87 heavy (non-hydrogen) atoms. The molecule has 468 valence electrons. The van der Waals surface area contributed by atoms with Gasteiger partial charge < -0.3 is 40.4 Å². The van der Waals surface area contributed by atoms with Gasteiger partial charge in [0.2, 0.25) is 11.8 Å². The zero-order valence-corrected chi connectivity index (χ0v) is 51.1. The molecule has 5 N–H and O–H groups in total. The summed E-state index contributed by atoms with van der Waals surface area (Å²) in [7, 11) is 3.16. The summed E-state index contributed by atoms with van der Waals surface area (Å²) in [6.45, 7) is 11.2. The van der Waals surface area contributed by atoms with Crippen molar-refractivity contribution in [1.82, 2.24) is 20.6 Å². The molecule has 2 saturated heterocycles. The summed E-state index contributed by atoms with van der Waals surface area (Å²) < 4.78 is 21.2. The number of carbonyl (C=O) groups is 8. The SMILES string of the molecule is C.C.COc1ccc(C[C@H](CC(=O)[C@H](C)CC(=O)Cc2cnc(C)s2)C(=O)N[C@@H](Cc2ccccc2)C(=O)[C@@]2(C)CO2)cc1.COc1ccc(C[C@H](CC(=O)[C@H](C)N)C(=O)N[C@@H](Cc2ccccc2)C(=O)[C@@]2(C)CO2)cc1.Cc1ncc(CC(=O)O)s1. The van der Waals surface area contributed by atoms with Crippen molar-refractivity contribution in [2.45, 2.75) is 144 Å². The Morgan fingerprint density at radius 1 is 0.575 bits per heavy atom. The lowest BCUT2D eigenvalue weighted by Crippen LogP contribution is -2.50. The minimum absolute atomic E-state index is 0. The van der Waals surface area contributed by atoms with E-state index in [9.17, 15) is 38.4 Å². The number of carboxylic acids is 1. The molecule has 0 spiro atoms. The summed E-state index contributed by atoms with van der Waals surface area (Å²) >= 11 is 2.89. The molecule has 18 nitrogen and oxygen atoms in total. The van der Waals surface area contributed by atoms with E-state index in [1.807, 2.05) is 123 Å². The Bertz CT molecular complexity index is 3210. The van der Waals surface area contributed by atoms with E-state index >= 15 is 0 Å². The van der Waals surface area contributed by atoms with Crippen LogP contribution in [0.2, 0.25) is 0 Å². The number of Topliss-reactive ketones (excluding diaryl/α,β-unsaturated/α-hetero) is 5. The second-order valence-electron chi connectivity index (χ2n) is 22.0. The molecule has 0 unspecified atom stereocenters.